The Morgan fingerprint density at radius 1 is 1.05 bits per heavy atom. The summed E-state index contributed by atoms with van der Waals surface area (Å²) in [5.74, 6) is 0.826. The summed E-state index contributed by atoms with van der Waals surface area (Å²) in [4.78, 5) is 0. The number of benzene rings is 2. The Labute approximate surface area is 125 Å². The summed E-state index contributed by atoms with van der Waals surface area (Å²) in [5.41, 5.74) is 2.13. The molecular weight excluding hydrogens is 268 g/mol. The van der Waals surface area contributed by atoms with Gasteiger partial charge in [-0.3, -0.25) is 0 Å². The predicted molar refractivity (Wildman–Crippen MR) is 87.2 cm³/mol. The van der Waals surface area contributed by atoms with E-state index < -0.39 is 0 Å². The van der Waals surface area contributed by atoms with Crippen LogP contribution < -0.4 is 15.4 Å². The summed E-state index contributed by atoms with van der Waals surface area (Å²) in [6, 6.07) is 18.0. The van der Waals surface area contributed by atoms with E-state index in [0.717, 1.165) is 11.4 Å². The molecule has 20 heavy (non-hydrogen) atoms. The molecule has 2 aromatic carbocycles. The lowest BCUT2D eigenvalue weighted by molar-refractivity contribution is 0.415. The molecule has 0 aliphatic rings. The fraction of sp³-hybridized carbons (Fsp3) is 0.188. The van der Waals surface area contributed by atoms with Gasteiger partial charge < -0.3 is 15.4 Å². The average Bonchev–Trinajstić information content (AvgIpc) is 2.49. The Balaban J connectivity index is 1.91. The minimum Gasteiger partial charge on any atom is -0.497 e. The minimum atomic E-state index is 0.162. The monoisotopic (exact) mass is 286 g/mol. The lowest BCUT2D eigenvalue weighted by Gasteiger charge is -2.17. The van der Waals surface area contributed by atoms with Crippen LogP contribution in [-0.4, -0.2) is 12.2 Å². The zero-order valence-electron chi connectivity index (χ0n) is 11.6. The zero-order chi connectivity index (χ0) is 14.4. The third-order valence-corrected chi connectivity index (χ3v) is 3.21. The van der Waals surface area contributed by atoms with Crippen LogP contribution in [-0.2, 0) is 0 Å². The highest BCUT2D eigenvalue weighted by molar-refractivity contribution is 7.80. The van der Waals surface area contributed by atoms with E-state index >= 15 is 0 Å². The summed E-state index contributed by atoms with van der Waals surface area (Å²) in [6.45, 7) is 2.08. The van der Waals surface area contributed by atoms with Crippen LogP contribution in [0.2, 0.25) is 0 Å². The summed E-state index contributed by atoms with van der Waals surface area (Å²) < 4.78 is 5.12. The fourth-order valence-corrected chi connectivity index (χ4v) is 2.16. The van der Waals surface area contributed by atoms with Gasteiger partial charge >= 0.3 is 0 Å². The van der Waals surface area contributed by atoms with Gasteiger partial charge in [0.2, 0.25) is 0 Å². The minimum absolute atomic E-state index is 0.162. The molecule has 0 saturated heterocycles. The van der Waals surface area contributed by atoms with Crippen LogP contribution >= 0.6 is 12.2 Å². The van der Waals surface area contributed by atoms with E-state index in [4.69, 9.17) is 17.0 Å². The number of rotatable bonds is 4. The van der Waals surface area contributed by atoms with Crippen LogP contribution in [0.3, 0.4) is 0 Å². The van der Waals surface area contributed by atoms with Gasteiger partial charge in [0.25, 0.3) is 0 Å². The normalized spacial score (nSPS) is 11.5. The van der Waals surface area contributed by atoms with Crippen molar-refractivity contribution in [1.82, 2.24) is 5.32 Å². The van der Waals surface area contributed by atoms with Gasteiger partial charge in [0.05, 0.1) is 13.2 Å². The Bertz CT molecular complexity index is 554. The SMILES string of the molecule is COc1ccc(NC(=S)N[C@H](C)c2ccccc2)cc1. The lowest BCUT2D eigenvalue weighted by atomic mass is 10.1. The molecule has 2 aromatic rings. The van der Waals surface area contributed by atoms with E-state index in [9.17, 15) is 0 Å². The van der Waals surface area contributed by atoms with Crippen molar-refractivity contribution in [3.05, 3.63) is 60.2 Å². The number of thiocarbonyl (C=S) groups is 1. The molecule has 3 nitrogen and oxygen atoms in total. The van der Waals surface area contributed by atoms with Crippen molar-refractivity contribution < 1.29 is 4.74 Å². The summed E-state index contributed by atoms with van der Waals surface area (Å²) >= 11 is 5.32. The predicted octanol–water partition coefficient (Wildman–Crippen LogP) is 3.74. The molecule has 104 valence electrons. The van der Waals surface area contributed by atoms with E-state index in [-0.39, 0.29) is 6.04 Å². The van der Waals surface area contributed by atoms with Gasteiger partial charge in [-0.1, -0.05) is 30.3 Å². The topological polar surface area (TPSA) is 33.3 Å². The maximum atomic E-state index is 5.32. The number of methoxy groups -OCH3 is 1. The van der Waals surface area contributed by atoms with E-state index in [1.54, 1.807) is 7.11 Å². The Morgan fingerprint density at radius 2 is 1.70 bits per heavy atom. The van der Waals surface area contributed by atoms with E-state index in [2.05, 4.69) is 29.7 Å². The van der Waals surface area contributed by atoms with Gasteiger partial charge in [-0.05, 0) is 49.0 Å². The van der Waals surface area contributed by atoms with Crippen molar-refractivity contribution in [2.75, 3.05) is 12.4 Å². The molecule has 1 atom stereocenters. The van der Waals surface area contributed by atoms with Crippen molar-refractivity contribution in [3.8, 4) is 5.75 Å². The highest BCUT2D eigenvalue weighted by Gasteiger charge is 2.06. The zero-order valence-corrected chi connectivity index (χ0v) is 12.4. The molecule has 0 aliphatic heterocycles. The summed E-state index contributed by atoms with van der Waals surface area (Å²) in [6.07, 6.45) is 0. The molecule has 0 aliphatic carbocycles. The maximum absolute atomic E-state index is 5.32. The first kappa shape index (κ1) is 14.3. The molecule has 0 aromatic heterocycles. The quantitative estimate of drug-likeness (QED) is 0.839. The maximum Gasteiger partial charge on any atom is 0.171 e. The number of anilines is 1. The second-order valence-electron chi connectivity index (χ2n) is 4.46. The molecule has 0 heterocycles. The van der Waals surface area contributed by atoms with Gasteiger partial charge in [0, 0.05) is 5.69 Å². The molecule has 0 amide bonds. The second kappa shape index (κ2) is 6.91. The van der Waals surface area contributed by atoms with Crippen LogP contribution in [0.15, 0.2) is 54.6 Å². The van der Waals surface area contributed by atoms with Crippen molar-refractivity contribution in [2.24, 2.45) is 0 Å². The van der Waals surface area contributed by atoms with Gasteiger partial charge in [0.15, 0.2) is 5.11 Å². The molecule has 0 spiro atoms. The highest BCUT2D eigenvalue weighted by Crippen LogP contribution is 2.16. The smallest absolute Gasteiger partial charge is 0.171 e. The van der Waals surface area contributed by atoms with E-state index in [1.807, 2.05) is 42.5 Å². The van der Waals surface area contributed by atoms with Crippen molar-refractivity contribution in [2.45, 2.75) is 13.0 Å². The van der Waals surface area contributed by atoms with Crippen LogP contribution in [0.25, 0.3) is 0 Å². The molecule has 2 N–H and O–H groups in total. The van der Waals surface area contributed by atoms with Gasteiger partial charge in [-0.25, -0.2) is 0 Å². The van der Waals surface area contributed by atoms with Gasteiger partial charge in [-0.15, -0.1) is 0 Å². The standard InChI is InChI=1S/C16H18N2OS/c1-12(13-6-4-3-5-7-13)17-16(20)18-14-8-10-15(19-2)11-9-14/h3-12H,1-2H3,(H2,17,18,20)/t12-/m1/s1. The number of nitrogens with one attached hydrogen (secondary N) is 2. The molecule has 0 radical (unpaired) electrons. The van der Waals surface area contributed by atoms with Crippen LogP contribution in [0.5, 0.6) is 5.75 Å². The summed E-state index contributed by atoms with van der Waals surface area (Å²) in [7, 11) is 1.65. The molecule has 2 rings (SSSR count). The third-order valence-electron chi connectivity index (χ3n) is 3.00. The number of ether oxygens (including phenoxy) is 1. The molecule has 0 saturated carbocycles. The Hall–Kier alpha value is -2.07. The lowest BCUT2D eigenvalue weighted by Crippen LogP contribution is -2.30. The Morgan fingerprint density at radius 3 is 2.30 bits per heavy atom. The molecular formula is C16H18N2OS. The second-order valence-corrected chi connectivity index (χ2v) is 4.87. The third kappa shape index (κ3) is 3.96. The van der Waals surface area contributed by atoms with Crippen LogP contribution in [0, 0.1) is 0 Å². The Kier molecular flexibility index (Phi) is 4.96. The van der Waals surface area contributed by atoms with Gasteiger partial charge in [-0.2, -0.15) is 0 Å². The molecule has 0 unspecified atom stereocenters. The first-order valence-corrected chi connectivity index (χ1v) is 6.86. The number of hydrogen-bond acceptors (Lipinski definition) is 2. The van der Waals surface area contributed by atoms with Crippen molar-refractivity contribution >= 4 is 23.0 Å². The largest absolute Gasteiger partial charge is 0.497 e. The van der Waals surface area contributed by atoms with E-state index in [1.165, 1.54) is 5.56 Å². The van der Waals surface area contributed by atoms with Crippen LogP contribution in [0.1, 0.15) is 18.5 Å². The molecule has 0 bridgehead atoms. The fourth-order valence-electron chi connectivity index (χ4n) is 1.86. The average molecular weight is 286 g/mol. The van der Waals surface area contributed by atoms with Crippen molar-refractivity contribution in [3.63, 3.8) is 0 Å². The first-order valence-electron chi connectivity index (χ1n) is 6.45. The highest BCUT2D eigenvalue weighted by atomic mass is 32.1. The molecule has 0 fully saturated rings. The van der Waals surface area contributed by atoms with Gasteiger partial charge in [0.1, 0.15) is 5.75 Å². The summed E-state index contributed by atoms with van der Waals surface area (Å²) in [5, 5.41) is 7.02. The first-order chi connectivity index (χ1) is 9.69. The number of hydrogen-bond donors (Lipinski definition) is 2. The van der Waals surface area contributed by atoms with E-state index in [0.29, 0.717) is 5.11 Å². The molecule has 4 heteroatoms. The van der Waals surface area contributed by atoms with Crippen molar-refractivity contribution in [1.29, 1.82) is 0 Å². The van der Waals surface area contributed by atoms with Crippen LogP contribution in [0.4, 0.5) is 5.69 Å².